The topological polar surface area (TPSA) is 82.2 Å². The summed E-state index contributed by atoms with van der Waals surface area (Å²) in [5.74, 6) is -2.21. The molecule has 0 spiro atoms. The summed E-state index contributed by atoms with van der Waals surface area (Å²) in [7, 11) is 0. The van der Waals surface area contributed by atoms with Gasteiger partial charge >= 0.3 is 0 Å². The lowest BCUT2D eigenvalue weighted by atomic mass is 9.79. The predicted molar refractivity (Wildman–Crippen MR) is 118 cm³/mol. The number of H-pyrrole nitrogens is 1. The highest BCUT2D eigenvalue weighted by molar-refractivity contribution is 5.59. The summed E-state index contributed by atoms with van der Waals surface area (Å²) in [6, 6.07) is 1.65. The minimum absolute atomic E-state index is 0.00387. The van der Waals surface area contributed by atoms with E-state index in [1.165, 1.54) is 0 Å². The Labute approximate surface area is 190 Å². The van der Waals surface area contributed by atoms with Gasteiger partial charge in [-0.25, -0.2) is 18.7 Å². The van der Waals surface area contributed by atoms with Gasteiger partial charge in [-0.15, -0.1) is 0 Å². The molecule has 11 heteroatoms. The van der Waals surface area contributed by atoms with Crippen molar-refractivity contribution in [3.8, 4) is 0 Å². The van der Waals surface area contributed by atoms with Crippen LogP contribution in [0, 0.1) is 5.82 Å². The number of halogens is 3. The van der Waals surface area contributed by atoms with E-state index in [0.29, 0.717) is 30.4 Å². The zero-order valence-corrected chi connectivity index (χ0v) is 19.2. The highest BCUT2D eigenvalue weighted by atomic mass is 19.3. The third-order valence-electron chi connectivity index (χ3n) is 6.91. The van der Waals surface area contributed by atoms with Crippen LogP contribution in [0.25, 0.3) is 0 Å². The van der Waals surface area contributed by atoms with Gasteiger partial charge in [0.15, 0.2) is 17.5 Å². The van der Waals surface area contributed by atoms with Gasteiger partial charge in [0.25, 0.3) is 0 Å². The molecule has 2 aromatic heterocycles. The Balaban J connectivity index is 1.34. The van der Waals surface area contributed by atoms with Crippen molar-refractivity contribution in [3.05, 3.63) is 23.4 Å². The largest absolute Gasteiger partial charge is 0.377 e. The second-order valence-electron chi connectivity index (χ2n) is 9.98. The predicted octanol–water partition coefficient (Wildman–Crippen LogP) is 3.63. The summed E-state index contributed by atoms with van der Waals surface area (Å²) >= 11 is 0. The molecule has 0 bridgehead atoms. The lowest BCUT2D eigenvalue weighted by Crippen LogP contribution is -2.64. The van der Waals surface area contributed by atoms with Crippen molar-refractivity contribution >= 4 is 17.5 Å². The number of ether oxygens (including phenoxy) is 1. The zero-order valence-electron chi connectivity index (χ0n) is 19.2. The number of anilines is 3. The number of hydrogen-bond acceptors (Lipinski definition) is 7. The van der Waals surface area contributed by atoms with Crippen LogP contribution in [0.5, 0.6) is 0 Å². The maximum atomic E-state index is 15.5. The van der Waals surface area contributed by atoms with Crippen molar-refractivity contribution in [1.82, 2.24) is 25.1 Å². The van der Waals surface area contributed by atoms with Gasteiger partial charge in [0.05, 0.1) is 18.8 Å². The summed E-state index contributed by atoms with van der Waals surface area (Å²) in [5.41, 5.74) is 0.681. The van der Waals surface area contributed by atoms with Crippen molar-refractivity contribution in [1.29, 1.82) is 0 Å². The number of aromatic amines is 1. The van der Waals surface area contributed by atoms with Crippen molar-refractivity contribution in [2.24, 2.45) is 0 Å². The molecule has 0 unspecified atom stereocenters. The van der Waals surface area contributed by atoms with E-state index >= 15 is 4.39 Å². The fraction of sp³-hybridized carbons (Fsp3) is 0.682. The van der Waals surface area contributed by atoms with Crippen LogP contribution >= 0.6 is 0 Å². The first kappa shape index (κ1) is 22.4. The Morgan fingerprint density at radius 1 is 1.15 bits per heavy atom. The maximum Gasteiger partial charge on any atom is 0.249 e. The number of hydrogen-bond donors (Lipinski definition) is 2. The molecule has 0 amide bonds. The maximum absolute atomic E-state index is 15.5. The third-order valence-corrected chi connectivity index (χ3v) is 6.91. The molecule has 1 aliphatic carbocycles. The van der Waals surface area contributed by atoms with Crippen LogP contribution in [-0.4, -0.2) is 75.9 Å². The molecule has 5 rings (SSSR count). The van der Waals surface area contributed by atoms with E-state index in [1.807, 2.05) is 18.7 Å². The molecule has 2 N–H and O–H groups in total. The molecule has 2 aliphatic heterocycles. The van der Waals surface area contributed by atoms with Crippen molar-refractivity contribution in [2.75, 3.05) is 49.6 Å². The molecule has 0 atom stereocenters. The van der Waals surface area contributed by atoms with Crippen LogP contribution in [-0.2, 0) is 4.74 Å². The van der Waals surface area contributed by atoms with Crippen LogP contribution in [0.2, 0.25) is 0 Å². The molecule has 3 aliphatic rings. The number of aromatic nitrogens is 4. The Morgan fingerprint density at radius 3 is 2.42 bits per heavy atom. The second-order valence-corrected chi connectivity index (χ2v) is 9.98. The molecule has 4 heterocycles. The van der Waals surface area contributed by atoms with E-state index in [-0.39, 0.29) is 41.9 Å². The van der Waals surface area contributed by atoms with Gasteiger partial charge in [0.1, 0.15) is 5.82 Å². The first-order valence-electron chi connectivity index (χ1n) is 11.5. The van der Waals surface area contributed by atoms with Gasteiger partial charge in [-0.3, -0.25) is 10.00 Å². The smallest absolute Gasteiger partial charge is 0.249 e. The highest BCUT2D eigenvalue weighted by Gasteiger charge is 2.46. The lowest BCUT2D eigenvalue weighted by molar-refractivity contribution is -0.131. The van der Waals surface area contributed by atoms with Crippen LogP contribution in [0.4, 0.5) is 30.6 Å². The molecule has 180 valence electrons. The molecule has 0 radical (unpaired) electrons. The first-order valence-corrected chi connectivity index (χ1v) is 11.5. The Bertz CT molecular complexity index is 1010. The van der Waals surface area contributed by atoms with E-state index < -0.39 is 11.7 Å². The monoisotopic (exact) mass is 465 g/mol. The van der Waals surface area contributed by atoms with E-state index in [4.69, 9.17) is 4.74 Å². The third kappa shape index (κ3) is 4.28. The SMILES string of the molecule is CC(C)c1nc(Nc2cc(C3CC(F)(F)C3)[nH]n2)c(F)c(N2CCN(C3(C)COC3)CC2)n1. The normalized spacial score (nSPS) is 22.8. The lowest BCUT2D eigenvalue weighted by Gasteiger charge is -2.50. The summed E-state index contributed by atoms with van der Waals surface area (Å²) in [4.78, 5) is 13.3. The Morgan fingerprint density at radius 2 is 1.85 bits per heavy atom. The summed E-state index contributed by atoms with van der Waals surface area (Å²) < 4.78 is 47.3. The Kier molecular flexibility index (Phi) is 5.51. The second kappa shape index (κ2) is 8.12. The number of nitrogens with one attached hydrogen (secondary N) is 2. The standard InChI is InChI=1S/C22H30F3N7O/c1-13(2)18-27-19(26-16-8-15(29-30-16)14-9-22(24,25)10-14)17(23)20(28-18)31-4-6-32(7-5-31)21(3)11-33-12-21/h8,13-14H,4-7,9-12H2,1-3H3,(H2,26,27,28,29,30). The van der Waals surface area contributed by atoms with E-state index in [1.54, 1.807) is 6.07 Å². The molecule has 2 saturated heterocycles. The molecule has 33 heavy (non-hydrogen) atoms. The summed E-state index contributed by atoms with van der Waals surface area (Å²) in [5, 5.41) is 9.86. The van der Waals surface area contributed by atoms with Gasteiger partial charge in [-0.1, -0.05) is 13.8 Å². The fourth-order valence-corrected chi connectivity index (χ4v) is 4.65. The molecule has 3 fully saturated rings. The first-order chi connectivity index (χ1) is 15.6. The van der Waals surface area contributed by atoms with Gasteiger partial charge in [-0.2, -0.15) is 9.49 Å². The van der Waals surface area contributed by atoms with E-state index in [2.05, 4.69) is 37.3 Å². The number of nitrogens with zero attached hydrogens (tertiary/aromatic N) is 5. The van der Waals surface area contributed by atoms with Gasteiger partial charge < -0.3 is 15.0 Å². The van der Waals surface area contributed by atoms with E-state index in [0.717, 1.165) is 26.3 Å². The summed E-state index contributed by atoms with van der Waals surface area (Å²) in [6.07, 6.45) is -0.398. The molecular weight excluding hydrogens is 435 g/mol. The minimum atomic E-state index is -2.61. The molecule has 0 aromatic carbocycles. The molecule has 1 saturated carbocycles. The molecule has 8 nitrogen and oxygen atoms in total. The molecule has 2 aromatic rings. The zero-order chi connectivity index (χ0) is 23.4. The van der Waals surface area contributed by atoms with Crippen molar-refractivity contribution in [3.63, 3.8) is 0 Å². The van der Waals surface area contributed by atoms with Crippen molar-refractivity contribution in [2.45, 2.75) is 56.9 Å². The van der Waals surface area contributed by atoms with E-state index in [9.17, 15) is 8.78 Å². The number of alkyl halides is 2. The minimum Gasteiger partial charge on any atom is -0.377 e. The van der Waals surface area contributed by atoms with Crippen LogP contribution in [0.3, 0.4) is 0 Å². The quantitative estimate of drug-likeness (QED) is 0.674. The van der Waals surface area contributed by atoms with Gasteiger partial charge in [-0.05, 0) is 6.92 Å². The van der Waals surface area contributed by atoms with Gasteiger partial charge in [0, 0.05) is 62.6 Å². The average molecular weight is 466 g/mol. The summed E-state index contributed by atoms with van der Waals surface area (Å²) in [6.45, 7) is 10.5. The number of piperazine rings is 1. The highest BCUT2D eigenvalue weighted by Crippen LogP contribution is 2.48. The van der Waals surface area contributed by atoms with Crippen molar-refractivity contribution < 1.29 is 17.9 Å². The van der Waals surface area contributed by atoms with Crippen LogP contribution in [0.1, 0.15) is 57.0 Å². The average Bonchev–Trinajstić information content (AvgIpc) is 3.20. The van der Waals surface area contributed by atoms with Gasteiger partial charge in [0.2, 0.25) is 11.7 Å². The number of rotatable bonds is 6. The van der Waals surface area contributed by atoms with Crippen LogP contribution < -0.4 is 10.2 Å². The Hall–Kier alpha value is -2.40. The fourth-order valence-electron chi connectivity index (χ4n) is 4.65. The molecular formula is C22H30F3N7O. The van der Waals surface area contributed by atoms with Crippen LogP contribution in [0.15, 0.2) is 6.07 Å².